The van der Waals surface area contributed by atoms with Crippen molar-refractivity contribution in [2.75, 3.05) is 0 Å². The van der Waals surface area contributed by atoms with Crippen LogP contribution in [0.3, 0.4) is 0 Å². The van der Waals surface area contributed by atoms with E-state index in [1.807, 2.05) is 23.5 Å². The Labute approximate surface area is 196 Å². The Hall–Kier alpha value is -3.20. The molecule has 0 fully saturated rings. The van der Waals surface area contributed by atoms with Gasteiger partial charge in [0, 0.05) is 19.6 Å². The van der Waals surface area contributed by atoms with Crippen LogP contribution in [0.25, 0.3) is 32.3 Å². The Morgan fingerprint density at radius 1 is 0.312 bits per heavy atom. The largest absolute Gasteiger partial charge is 0.0889 e. The minimum atomic E-state index is 1.26. The third-order valence-corrected chi connectivity index (χ3v) is 7.93. The molecule has 0 bridgehead atoms. The van der Waals surface area contributed by atoms with Gasteiger partial charge in [0.2, 0.25) is 0 Å². The molecule has 0 atom stereocenters. The van der Waals surface area contributed by atoms with E-state index in [1.54, 1.807) is 0 Å². The summed E-state index contributed by atoms with van der Waals surface area (Å²) in [5, 5.41) is 7.67. The highest BCUT2D eigenvalue weighted by atomic mass is 32.2. The molecule has 6 rings (SSSR count). The predicted molar refractivity (Wildman–Crippen MR) is 140 cm³/mol. The number of rotatable bonds is 4. The topological polar surface area (TPSA) is 0 Å². The summed E-state index contributed by atoms with van der Waals surface area (Å²) in [4.78, 5) is 5.10. The highest BCUT2D eigenvalue weighted by Gasteiger charge is 2.10. The molecule has 6 aromatic carbocycles. The molecule has 0 unspecified atom stereocenters. The molecule has 0 aliphatic rings. The monoisotopic (exact) mass is 444 g/mol. The summed E-state index contributed by atoms with van der Waals surface area (Å²) < 4.78 is 0. The van der Waals surface area contributed by atoms with Crippen LogP contribution < -0.4 is 0 Å². The van der Waals surface area contributed by atoms with Crippen molar-refractivity contribution in [1.82, 2.24) is 0 Å². The average Bonchev–Trinajstić information content (AvgIpc) is 2.84. The average molecular weight is 445 g/mol. The summed E-state index contributed by atoms with van der Waals surface area (Å²) in [5.74, 6) is 0. The Morgan fingerprint density at radius 3 is 1.06 bits per heavy atom. The lowest BCUT2D eigenvalue weighted by Gasteiger charge is -2.12. The molecule has 2 heteroatoms. The first-order valence-corrected chi connectivity index (χ1v) is 12.3. The first-order chi connectivity index (χ1) is 15.8. The zero-order valence-electron chi connectivity index (χ0n) is 17.4. The summed E-state index contributed by atoms with van der Waals surface area (Å²) >= 11 is 3.69. The molecule has 0 aliphatic heterocycles. The third-order valence-electron chi connectivity index (χ3n) is 5.71. The molecule has 0 aliphatic carbocycles. The summed E-state index contributed by atoms with van der Waals surface area (Å²) in [6, 6.07) is 43.9. The normalized spacial score (nSPS) is 11.4. The van der Waals surface area contributed by atoms with Crippen LogP contribution in [-0.4, -0.2) is 0 Å². The third kappa shape index (κ3) is 3.88. The van der Waals surface area contributed by atoms with Gasteiger partial charge < -0.3 is 0 Å². The van der Waals surface area contributed by atoms with Gasteiger partial charge in [-0.05, 0) is 68.7 Å². The fourth-order valence-electron chi connectivity index (χ4n) is 4.07. The highest BCUT2D eigenvalue weighted by molar-refractivity contribution is 8.02. The van der Waals surface area contributed by atoms with E-state index < -0.39 is 0 Å². The van der Waals surface area contributed by atoms with E-state index >= 15 is 0 Å². The molecule has 0 aromatic heterocycles. The molecule has 0 radical (unpaired) electrons. The van der Waals surface area contributed by atoms with E-state index in [9.17, 15) is 0 Å². The Bertz CT molecular complexity index is 1460. The summed E-state index contributed by atoms with van der Waals surface area (Å²) in [7, 11) is 0. The van der Waals surface area contributed by atoms with E-state index in [0.717, 1.165) is 0 Å². The minimum Gasteiger partial charge on any atom is -0.0889 e. The van der Waals surface area contributed by atoms with Gasteiger partial charge in [-0.15, -0.1) is 0 Å². The number of hydrogen-bond acceptors (Lipinski definition) is 2. The molecule has 152 valence electrons. The van der Waals surface area contributed by atoms with Crippen LogP contribution in [0.15, 0.2) is 141 Å². The van der Waals surface area contributed by atoms with Crippen molar-refractivity contribution < 1.29 is 0 Å². The van der Waals surface area contributed by atoms with Crippen LogP contribution in [-0.2, 0) is 0 Å². The van der Waals surface area contributed by atoms with E-state index in [1.165, 1.54) is 51.9 Å². The van der Waals surface area contributed by atoms with Gasteiger partial charge in [0.1, 0.15) is 0 Å². The molecule has 32 heavy (non-hydrogen) atoms. The van der Waals surface area contributed by atoms with E-state index in [-0.39, 0.29) is 0 Å². The number of benzene rings is 6. The molecule has 0 N–H and O–H groups in total. The summed E-state index contributed by atoms with van der Waals surface area (Å²) in [5.41, 5.74) is 0. The van der Waals surface area contributed by atoms with Crippen LogP contribution in [0.1, 0.15) is 0 Å². The van der Waals surface area contributed by atoms with Gasteiger partial charge in [0.15, 0.2) is 0 Å². The summed E-state index contributed by atoms with van der Waals surface area (Å²) in [6.07, 6.45) is 0. The maximum atomic E-state index is 2.33. The molecule has 0 amide bonds. The lowest BCUT2D eigenvalue weighted by molar-refractivity contribution is 1.26. The minimum absolute atomic E-state index is 1.26. The van der Waals surface area contributed by atoms with E-state index in [4.69, 9.17) is 0 Å². The van der Waals surface area contributed by atoms with Gasteiger partial charge in [0.25, 0.3) is 0 Å². The zero-order chi connectivity index (χ0) is 21.3. The van der Waals surface area contributed by atoms with Crippen LogP contribution >= 0.6 is 23.5 Å². The molecule has 0 saturated heterocycles. The number of hydrogen-bond donors (Lipinski definition) is 0. The predicted octanol–water partition coefficient (Wildman–Crippen LogP) is 9.45. The molecule has 0 spiro atoms. The number of fused-ring (bicyclic) bond motifs is 3. The van der Waals surface area contributed by atoms with Gasteiger partial charge in [-0.2, -0.15) is 0 Å². The maximum absolute atomic E-state index is 2.33. The zero-order valence-corrected chi connectivity index (χ0v) is 19.0. The fraction of sp³-hybridized carbons (Fsp3) is 0. The second kappa shape index (κ2) is 8.38. The molecule has 6 aromatic rings. The van der Waals surface area contributed by atoms with Gasteiger partial charge in [-0.3, -0.25) is 0 Å². The van der Waals surface area contributed by atoms with E-state index in [0.29, 0.717) is 0 Å². The molecule has 0 heterocycles. The van der Waals surface area contributed by atoms with Crippen molar-refractivity contribution in [3.8, 4) is 0 Å². The second-order valence-corrected chi connectivity index (χ2v) is 10.1. The van der Waals surface area contributed by atoms with Crippen LogP contribution in [0, 0.1) is 0 Å². The molecular weight excluding hydrogens is 424 g/mol. The SMILES string of the molecule is c1ccc2cc(Sc3cc4ccccc4cc3Sc3ccc4ccccc4c3)ccc2c1. The van der Waals surface area contributed by atoms with E-state index in [2.05, 4.69) is 121 Å². The highest BCUT2D eigenvalue weighted by Crippen LogP contribution is 2.42. The van der Waals surface area contributed by atoms with Crippen molar-refractivity contribution in [2.24, 2.45) is 0 Å². The van der Waals surface area contributed by atoms with Crippen LogP contribution in [0.4, 0.5) is 0 Å². The first kappa shape index (κ1) is 19.5. The first-order valence-electron chi connectivity index (χ1n) is 10.7. The van der Waals surface area contributed by atoms with Gasteiger partial charge in [0.05, 0.1) is 0 Å². The second-order valence-electron chi connectivity index (χ2n) is 7.87. The fourth-order valence-corrected chi connectivity index (χ4v) is 6.17. The lowest BCUT2D eigenvalue weighted by atomic mass is 10.1. The van der Waals surface area contributed by atoms with Crippen molar-refractivity contribution >= 4 is 55.8 Å². The van der Waals surface area contributed by atoms with Gasteiger partial charge in [-0.1, -0.05) is 108 Å². The smallest absolute Gasteiger partial charge is 0.0268 e. The molecular formula is C30H20S2. The van der Waals surface area contributed by atoms with Crippen molar-refractivity contribution in [3.05, 3.63) is 121 Å². The Balaban J connectivity index is 1.43. The Kier molecular flexibility index (Phi) is 5.10. The quantitative estimate of drug-likeness (QED) is 0.265. The van der Waals surface area contributed by atoms with Crippen molar-refractivity contribution in [1.29, 1.82) is 0 Å². The maximum Gasteiger partial charge on any atom is 0.0268 e. The van der Waals surface area contributed by atoms with Crippen molar-refractivity contribution in [3.63, 3.8) is 0 Å². The Morgan fingerprint density at radius 2 is 0.656 bits per heavy atom. The van der Waals surface area contributed by atoms with Gasteiger partial charge in [-0.25, -0.2) is 0 Å². The van der Waals surface area contributed by atoms with Crippen LogP contribution in [0.5, 0.6) is 0 Å². The molecule has 0 nitrogen and oxygen atoms in total. The van der Waals surface area contributed by atoms with Crippen molar-refractivity contribution in [2.45, 2.75) is 19.6 Å². The standard InChI is InChI=1S/C30H20S2/c1-3-9-23-17-27(15-13-21(23)7-1)31-29-19-25-11-5-6-12-26(25)20-30(29)32-28-16-14-22-8-2-4-10-24(22)18-28/h1-20H. The lowest BCUT2D eigenvalue weighted by Crippen LogP contribution is -1.84. The van der Waals surface area contributed by atoms with Gasteiger partial charge >= 0.3 is 0 Å². The van der Waals surface area contributed by atoms with Crippen LogP contribution in [0.2, 0.25) is 0 Å². The summed E-state index contributed by atoms with van der Waals surface area (Å²) in [6.45, 7) is 0. The molecule has 0 saturated carbocycles.